The Bertz CT molecular complexity index is 2180. The second-order valence-electron chi connectivity index (χ2n) is 11.8. The Morgan fingerprint density at radius 3 is 2.43 bits per heavy atom. The summed E-state index contributed by atoms with van der Waals surface area (Å²) in [6.07, 6.45) is 6.63. The van der Waals surface area contributed by atoms with Gasteiger partial charge in [-0.15, -0.1) is 0 Å². The van der Waals surface area contributed by atoms with Crippen LogP contribution in [0.4, 0.5) is 17.1 Å². The average Bonchev–Trinajstić information content (AvgIpc) is 3.12. The van der Waals surface area contributed by atoms with Crippen LogP contribution in [-0.4, -0.2) is 11.7 Å². The molecule has 1 heterocycles. The number of aliphatic imine (C=N–C) groups is 2. The summed E-state index contributed by atoms with van der Waals surface area (Å²) in [6, 6.07) is 43.9. The minimum absolute atomic E-state index is 0.451. The first-order valence-electron chi connectivity index (χ1n) is 16.0. The van der Waals surface area contributed by atoms with E-state index in [1.54, 1.807) is 0 Å². The number of nitrogens with zero attached hydrogens (tertiary/aromatic N) is 3. The van der Waals surface area contributed by atoms with E-state index in [0.717, 1.165) is 70.2 Å². The van der Waals surface area contributed by atoms with Gasteiger partial charge in [-0.25, -0.2) is 4.99 Å². The normalized spacial score (nSPS) is 14.9. The van der Waals surface area contributed by atoms with Crippen molar-refractivity contribution in [2.75, 3.05) is 4.90 Å². The molecule has 0 fully saturated rings. The zero-order chi connectivity index (χ0) is 30.9. The second kappa shape index (κ2) is 12.0. The molecule has 5 heteroatoms. The summed E-state index contributed by atoms with van der Waals surface area (Å²) >= 11 is 0. The van der Waals surface area contributed by atoms with Gasteiger partial charge >= 0.3 is 0 Å². The number of anilines is 3. The smallest absolute Gasteiger partial charge is 0.159 e. The van der Waals surface area contributed by atoms with Crippen molar-refractivity contribution in [2.45, 2.75) is 32.2 Å². The molecule has 1 aliphatic carbocycles. The summed E-state index contributed by atoms with van der Waals surface area (Å²) in [6.45, 7) is 0.564. The Balaban J connectivity index is 1.21. The van der Waals surface area contributed by atoms with E-state index in [0.29, 0.717) is 12.4 Å². The summed E-state index contributed by atoms with van der Waals surface area (Å²) in [5.74, 6) is 2.83. The number of rotatable bonds is 5. The van der Waals surface area contributed by atoms with Crippen LogP contribution in [0.1, 0.15) is 36.8 Å². The highest BCUT2D eigenvalue weighted by Gasteiger charge is 2.28. The third-order valence-electron chi connectivity index (χ3n) is 8.87. The summed E-state index contributed by atoms with van der Waals surface area (Å²) < 4.78 is 6.64. The van der Waals surface area contributed by atoms with Gasteiger partial charge in [0.1, 0.15) is 5.84 Å². The van der Waals surface area contributed by atoms with Crippen LogP contribution in [0, 0.1) is 0 Å². The SMILES string of the molecule is N/C(=N\C(=N/Cc1ccccc1)C1=CCCCC1)c1cccc(N2c3ccccc3Oc3c2ccc2c3ccc3ccccc32)c1. The van der Waals surface area contributed by atoms with Crippen LogP contribution >= 0.6 is 0 Å². The van der Waals surface area contributed by atoms with Gasteiger partial charge in [0.25, 0.3) is 0 Å². The number of hydrogen-bond acceptors (Lipinski definition) is 3. The molecular weight excluding hydrogens is 564 g/mol. The van der Waals surface area contributed by atoms with Crippen molar-refractivity contribution in [1.29, 1.82) is 0 Å². The fourth-order valence-corrected chi connectivity index (χ4v) is 6.56. The molecule has 0 saturated heterocycles. The predicted octanol–water partition coefficient (Wildman–Crippen LogP) is 10.4. The van der Waals surface area contributed by atoms with Gasteiger partial charge in [0, 0.05) is 16.6 Å². The van der Waals surface area contributed by atoms with Crippen LogP contribution in [0.3, 0.4) is 0 Å². The molecule has 0 unspecified atom stereocenters. The lowest BCUT2D eigenvalue weighted by atomic mass is 9.98. The molecular formula is C41H34N4O. The van der Waals surface area contributed by atoms with Gasteiger partial charge in [0.2, 0.25) is 0 Å². The molecule has 2 N–H and O–H groups in total. The van der Waals surface area contributed by atoms with E-state index in [1.807, 2.05) is 48.5 Å². The van der Waals surface area contributed by atoms with Gasteiger partial charge in [-0.3, -0.25) is 4.99 Å². The van der Waals surface area contributed by atoms with Crippen molar-refractivity contribution < 1.29 is 4.74 Å². The van der Waals surface area contributed by atoms with E-state index in [1.165, 1.54) is 28.2 Å². The van der Waals surface area contributed by atoms with E-state index >= 15 is 0 Å². The zero-order valence-corrected chi connectivity index (χ0v) is 25.6. The molecule has 224 valence electrons. The van der Waals surface area contributed by atoms with Gasteiger partial charge in [0.15, 0.2) is 17.3 Å². The largest absolute Gasteiger partial charge is 0.452 e. The Hall–Kier alpha value is -5.68. The molecule has 0 spiro atoms. The number of hydrogen-bond donors (Lipinski definition) is 1. The first-order chi connectivity index (χ1) is 22.7. The second-order valence-corrected chi connectivity index (χ2v) is 11.8. The molecule has 6 aromatic rings. The summed E-state index contributed by atoms with van der Waals surface area (Å²) in [4.78, 5) is 12.2. The molecule has 0 radical (unpaired) electrons. The van der Waals surface area contributed by atoms with Crippen LogP contribution in [0.5, 0.6) is 11.5 Å². The Morgan fingerprint density at radius 1 is 0.717 bits per heavy atom. The van der Waals surface area contributed by atoms with Gasteiger partial charge < -0.3 is 15.4 Å². The van der Waals surface area contributed by atoms with Crippen LogP contribution in [0.2, 0.25) is 0 Å². The van der Waals surface area contributed by atoms with Gasteiger partial charge in [-0.2, -0.15) is 0 Å². The van der Waals surface area contributed by atoms with Crippen LogP contribution < -0.4 is 15.4 Å². The first kappa shape index (κ1) is 27.8. The number of fused-ring (bicyclic) bond motifs is 6. The molecule has 5 nitrogen and oxygen atoms in total. The standard InChI is InChI=1S/C41H34N4O/c42-40(44-41(30-15-5-2-6-16-30)43-27-28-12-3-1-4-13-28)31-17-11-18-32(26-31)45-36-20-9-10-21-38(36)46-39-35-23-22-29-14-7-8-19-33(29)34(35)24-25-37(39)45/h1,3-4,7-15,17-26H,2,5-6,16,27H2,(H2,42,43,44). The topological polar surface area (TPSA) is 63.2 Å². The number of ether oxygens (including phenoxy) is 1. The van der Waals surface area contributed by atoms with Crippen LogP contribution in [0.25, 0.3) is 21.5 Å². The van der Waals surface area contributed by atoms with Crippen molar-refractivity contribution in [3.63, 3.8) is 0 Å². The Labute approximate surface area is 269 Å². The molecule has 0 bridgehead atoms. The average molecular weight is 599 g/mol. The molecule has 6 aromatic carbocycles. The van der Waals surface area contributed by atoms with E-state index in [-0.39, 0.29) is 0 Å². The molecule has 0 atom stereocenters. The maximum absolute atomic E-state index is 6.79. The number of nitrogens with two attached hydrogens (primary N) is 1. The minimum atomic E-state index is 0.451. The van der Waals surface area contributed by atoms with Crippen molar-refractivity contribution in [2.24, 2.45) is 15.7 Å². The van der Waals surface area contributed by atoms with Crippen LogP contribution in [0.15, 0.2) is 149 Å². The lowest BCUT2D eigenvalue weighted by molar-refractivity contribution is 0.482. The molecule has 1 aliphatic heterocycles. The highest BCUT2D eigenvalue weighted by molar-refractivity contribution is 6.13. The van der Waals surface area contributed by atoms with Crippen LogP contribution in [-0.2, 0) is 6.54 Å². The number of para-hydroxylation sites is 2. The van der Waals surface area contributed by atoms with Gasteiger partial charge in [-0.1, -0.05) is 97.1 Å². The quantitative estimate of drug-likeness (QED) is 0.122. The fourth-order valence-electron chi connectivity index (χ4n) is 6.56. The fraction of sp³-hybridized carbons (Fsp3) is 0.122. The van der Waals surface area contributed by atoms with E-state index in [2.05, 4.69) is 89.8 Å². The maximum Gasteiger partial charge on any atom is 0.159 e. The molecule has 0 aromatic heterocycles. The van der Waals surface area contributed by atoms with Crippen molar-refractivity contribution in [1.82, 2.24) is 0 Å². The molecule has 46 heavy (non-hydrogen) atoms. The first-order valence-corrected chi connectivity index (χ1v) is 16.0. The molecule has 0 saturated carbocycles. The van der Waals surface area contributed by atoms with Gasteiger partial charge in [0.05, 0.1) is 17.9 Å². The minimum Gasteiger partial charge on any atom is -0.452 e. The highest BCUT2D eigenvalue weighted by atomic mass is 16.5. The molecule has 8 rings (SSSR count). The van der Waals surface area contributed by atoms with Gasteiger partial charge in [-0.05, 0) is 89.4 Å². The monoisotopic (exact) mass is 598 g/mol. The van der Waals surface area contributed by atoms with E-state index in [9.17, 15) is 0 Å². The number of amidine groups is 2. The maximum atomic E-state index is 6.79. The lowest BCUT2D eigenvalue weighted by Gasteiger charge is -2.33. The third kappa shape index (κ3) is 5.20. The zero-order valence-electron chi connectivity index (χ0n) is 25.6. The van der Waals surface area contributed by atoms with Crippen molar-refractivity contribution in [3.8, 4) is 11.5 Å². The highest BCUT2D eigenvalue weighted by Crippen LogP contribution is 2.53. The van der Waals surface area contributed by atoms with E-state index < -0.39 is 0 Å². The molecule has 2 aliphatic rings. The summed E-state index contributed by atoms with van der Waals surface area (Å²) in [7, 11) is 0. The summed E-state index contributed by atoms with van der Waals surface area (Å²) in [5, 5.41) is 4.66. The van der Waals surface area contributed by atoms with Crippen molar-refractivity contribution >= 4 is 50.3 Å². The number of allylic oxidation sites excluding steroid dienone is 1. The summed E-state index contributed by atoms with van der Waals surface area (Å²) in [5.41, 5.74) is 12.9. The predicted molar refractivity (Wildman–Crippen MR) is 191 cm³/mol. The molecule has 0 amide bonds. The van der Waals surface area contributed by atoms with Crippen molar-refractivity contribution in [3.05, 3.63) is 150 Å². The Morgan fingerprint density at radius 2 is 1.54 bits per heavy atom. The number of benzene rings is 6. The third-order valence-corrected chi connectivity index (χ3v) is 8.87. The Kier molecular flexibility index (Phi) is 7.27. The van der Waals surface area contributed by atoms with E-state index in [4.69, 9.17) is 20.5 Å². The lowest BCUT2D eigenvalue weighted by Crippen LogP contribution is -2.19.